The second-order valence-electron chi connectivity index (χ2n) is 6.85. The maximum atomic E-state index is 14.0. The molecule has 1 aliphatic rings. The molecule has 7 nitrogen and oxygen atoms in total. The van der Waals surface area contributed by atoms with E-state index in [4.69, 9.17) is 9.57 Å². The van der Waals surface area contributed by atoms with Crippen LogP contribution < -0.4 is 10.6 Å². The summed E-state index contributed by atoms with van der Waals surface area (Å²) in [7, 11) is 1.54. The van der Waals surface area contributed by atoms with Crippen LogP contribution in [0.3, 0.4) is 0 Å². The second kappa shape index (κ2) is 10.5. The summed E-state index contributed by atoms with van der Waals surface area (Å²) in [5, 5.41) is 9.35. The van der Waals surface area contributed by atoms with E-state index in [1.54, 1.807) is 25.3 Å². The predicted octanol–water partition coefficient (Wildman–Crippen LogP) is 1.81. The lowest BCUT2D eigenvalue weighted by atomic mass is 10.0. The number of benzene rings is 2. The summed E-state index contributed by atoms with van der Waals surface area (Å²) in [6, 6.07) is 14.8. The zero-order chi connectivity index (χ0) is 21.3. The Kier molecular flexibility index (Phi) is 7.51. The van der Waals surface area contributed by atoms with Crippen molar-refractivity contribution >= 4 is 17.5 Å². The summed E-state index contributed by atoms with van der Waals surface area (Å²) >= 11 is 0. The Hall–Kier alpha value is -3.26. The first kappa shape index (κ1) is 21.4. The maximum absolute atomic E-state index is 14.0. The molecule has 0 fully saturated rings. The number of nitrogens with zero attached hydrogens (tertiary/aromatic N) is 1. The quantitative estimate of drug-likeness (QED) is 0.614. The number of carbonyl (C=O) groups is 2. The van der Waals surface area contributed by atoms with Crippen molar-refractivity contribution in [1.29, 1.82) is 0 Å². The molecule has 2 amide bonds. The van der Waals surface area contributed by atoms with Crippen LogP contribution in [0.2, 0.25) is 0 Å². The van der Waals surface area contributed by atoms with Crippen LogP contribution in [0.4, 0.5) is 4.39 Å². The summed E-state index contributed by atoms with van der Waals surface area (Å²) in [6.07, 6.45) is -0.487. The Morgan fingerprint density at radius 3 is 2.67 bits per heavy atom. The first-order chi connectivity index (χ1) is 14.6. The van der Waals surface area contributed by atoms with E-state index in [1.807, 2.05) is 30.3 Å². The monoisotopic (exact) mass is 413 g/mol. The molecule has 0 aromatic heterocycles. The SMILES string of the molecule is COCCNC(=O)C(Cc1ccccc1)NC(=O)C1CC(c2ccccc2F)=NO1. The number of halogens is 1. The summed E-state index contributed by atoms with van der Waals surface area (Å²) in [4.78, 5) is 30.6. The fourth-order valence-corrected chi connectivity index (χ4v) is 3.10. The van der Waals surface area contributed by atoms with Crippen molar-refractivity contribution in [3.63, 3.8) is 0 Å². The summed E-state index contributed by atoms with van der Waals surface area (Å²) in [5.74, 6) is -1.23. The molecule has 2 unspecified atom stereocenters. The van der Waals surface area contributed by atoms with Gasteiger partial charge in [-0.15, -0.1) is 0 Å². The molecule has 30 heavy (non-hydrogen) atoms. The van der Waals surface area contributed by atoms with Gasteiger partial charge in [0.15, 0.2) is 0 Å². The van der Waals surface area contributed by atoms with Gasteiger partial charge in [0.25, 0.3) is 5.91 Å². The van der Waals surface area contributed by atoms with Crippen LogP contribution in [0.25, 0.3) is 0 Å². The molecule has 8 heteroatoms. The number of hydrogen-bond donors (Lipinski definition) is 2. The number of hydrogen-bond acceptors (Lipinski definition) is 5. The average Bonchev–Trinajstić information content (AvgIpc) is 3.24. The van der Waals surface area contributed by atoms with E-state index in [0.29, 0.717) is 30.8 Å². The van der Waals surface area contributed by atoms with E-state index >= 15 is 0 Å². The van der Waals surface area contributed by atoms with Crippen LogP contribution >= 0.6 is 0 Å². The van der Waals surface area contributed by atoms with Crippen LogP contribution in [0, 0.1) is 5.82 Å². The van der Waals surface area contributed by atoms with Crippen molar-refractivity contribution < 1.29 is 23.6 Å². The fraction of sp³-hybridized carbons (Fsp3) is 0.318. The molecule has 2 atom stereocenters. The van der Waals surface area contributed by atoms with Crippen LogP contribution in [0.5, 0.6) is 0 Å². The number of amides is 2. The molecule has 0 radical (unpaired) electrons. The number of rotatable bonds is 9. The van der Waals surface area contributed by atoms with Crippen LogP contribution in [-0.2, 0) is 25.6 Å². The third-order valence-corrected chi connectivity index (χ3v) is 4.67. The standard InChI is InChI=1S/C22H24FN3O4/c1-29-12-11-24-21(27)19(13-15-7-3-2-4-8-15)25-22(28)20-14-18(26-30-20)16-9-5-6-10-17(16)23/h2-10,19-20H,11-14H2,1H3,(H,24,27)(H,25,28). The normalized spacial score (nSPS) is 16.3. The Balaban J connectivity index is 1.64. The van der Waals surface area contributed by atoms with Crippen LogP contribution in [-0.4, -0.2) is 49.9 Å². The van der Waals surface area contributed by atoms with Gasteiger partial charge in [0.05, 0.1) is 12.3 Å². The Bertz CT molecular complexity index is 904. The number of oxime groups is 1. The molecule has 0 saturated heterocycles. The van der Waals surface area contributed by atoms with Gasteiger partial charge < -0.3 is 20.2 Å². The van der Waals surface area contributed by atoms with E-state index in [1.165, 1.54) is 6.07 Å². The Morgan fingerprint density at radius 1 is 1.20 bits per heavy atom. The largest absolute Gasteiger partial charge is 0.383 e. The van der Waals surface area contributed by atoms with Gasteiger partial charge in [0, 0.05) is 32.1 Å². The molecular weight excluding hydrogens is 389 g/mol. The molecule has 2 aromatic carbocycles. The molecule has 1 aliphatic heterocycles. The van der Waals surface area contributed by atoms with Gasteiger partial charge in [0.2, 0.25) is 12.0 Å². The fourth-order valence-electron chi connectivity index (χ4n) is 3.10. The van der Waals surface area contributed by atoms with Crippen molar-refractivity contribution in [2.75, 3.05) is 20.3 Å². The highest BCUT2D eigenvalue weighted by Gasteiger charge is 2.32. The maximum Gasteiger partial charge on any atom is 0.265 e. The third-order valence-electron chi connectivity index (χ3n) is 4.67. The first-order valence-corrected chi connectivity index (χ1v) is 9.67. The minimum atomic E-state index is -0.926. The highest BCUT2D eigenvalue weighted by Crippen LogP contribution is 2.19. The summed E-state index contributed by atoms with van der Waals surface area (Å²) < 4.78 is 18.9. The molecule has 2 N–H and O–H groups in total. The molecular formula is C22H24FN3O4. The molecule has 0 aliphatic carbocycles. The number of nitrogens with one attached hydrogen (secondary N) is 2. The van der Waals surface area contributed by atoms with Gasteiger partial charge >= 0.3 is 0 Å². The zero-order valence-corrected chi connectivity index (χ0v) is 16.6. The van der Waals surface area contributed by atoms with Gasteiger partial charge in [-0.1, -0.05) is 53.7 Å². The van der Waals surface area contributed by atoms with Crippen molar-refractivity contribution in [2.45, 2.75) is 25.0 Å². The summed E-state index contributed by atoms with van der Waals surface area (Å²) in [5.41, 5.74) is 1.56. The first-order valence-electron chi connectivity index (χ1n) is 9.67. The van der Waals surface area contributed by atoms with Gasteiger partial charge in [-0.3, -0.25) is 9.59 Å². The lowest BCUT2D eigenvalue weighted by Gasteiger charge is -2.20. The molecule has 158 valence electrons. The van der Waals surface area contributed by atoms with Crippen molar-refractivity contribution in [3.8, 4) is 0 Å². The second-order valence-corrected chi connectivity index (χ2v) is 6.85. The molecule has 2 aromatic rings. The number of carbonyl (C=O) groups excluding carboxylic acids is 2. The van der Waals surface area contributed by atoms with Crippen molar-refractivity contribution in [1.82, 2.24) is 10.6 Å². The van der Waals surface area contributed by atoms with Gasteiger partial charge in [-0.05, 0) is 11.6 Å². The molecule has 0 bridgehead atoms. The van der Waals surface area contributed by atoms with Gasteiger partial charge in [0.1, 0.15) is 11.9 Å². The Morgan fingerprint density at radius 2 is 1.93 bits per heavy atom. The predicted molar refractivity (Wildman–Crippen MR) is 109 cm³/mol. The third kappa shape index (κ3) is 5.64. The van der Waals surface area contributed by atoms with E-state index in [-0.39, 0.29) is 12.3 Å². The van der Waals surface area contributed by atoms with E-state index in [9.17, 15) is 14.0 Å². The lowest BCUT2D eigenvalue weighted by molar-refractivity contribution is -0.135. The Labute approximate surface area is 174 Å². The molecule has 0 spiro atoms. The summed E-state index contributed by atoms with van der Waals surface area (Å²) in [6.45, 7) is 0.695. The topological polar surface area (TPSA) is 89.0 Å². The lowest BCUT2D eigenvalue weighted by Crippen LogP contribution is -2.51. The van der Waals surface area contributed by atoms with Gasteiger partial charge in [-0.2, -0.15) is 0 Å². The minimum Gasteiger partial charge on any atom is -0.383 e. The smallest absolute Gasteiger partial charge is 0.265 e. The van der Waals surface area contributed by atoms with Crippen LogP contribution in [0.15, 0.2) is 59.8 Å². The minimum absolute atomic E-state index is 0.121. The molecule has 1 heterocycles. The highest BCUT2D eigenvalue weighted by molar-refractivity contribution is 6.04. The zero-order valence-electron chi connectivity index (χ0n) is 16.6. The van der Waals surface area contributed by atoms with E-state index in [0.717, 1.165) is 5.56 Å². The van der Waals surface area contributed by atoms with Crippen molar-refractivity contribution in [3.05, 3.63) is 71.5 Å². The number of ether oxygens (including phenoxy) is 1. The van der Waals surface area contributed by atoms with E-state index in [2.05, 4.69) is 15.8 Å². The van der Waals surface area contributed by atoms with Gasteiger partial charge in [-0.25, -0.2) is 4.39 Å². The van der Waals surface area contributed by atoms with E-state index < -0.39 is 23.9 Å². The average molecular weight is 413 g/mol. The van der Waals surface area contributed by atoms with Crippen molar-refractivity contribution in [2.24, 2.45) is 5.16 Å². The molecule has 0 saturated carbocycles. The van der Waals surface area contributed by atoms with Crippen LogP contribution in [0.1, 0.15) is 17.5 Å². The molecule has 3 rings (SSSR count). The highest BCUT2D eigenvalue weighted by atomic mass is 19.1. The number of methoxy groups -OCH3 is 1.